The Bertz CT molecular complexity index is 538. The van der Waals surface area contributed by atoms with Crippen LogP contribution >= 0.6 is 0 Å². The number of hydrogen-bond acceptors (Lipinski definition) is 4. The molecule has 4 heteroatoms. The smallest absolute Gasteiger partial charge is 0.145 e. The fourth-order valence-electron chi connectivity index (χ4n) is 0.602. The van der Waals surface area contributed by atoms with Crippen LogP contribution in [0.25, 0.3) is 0 Å². The van der Waals surface area contributed by atoms with E-state index in [-0.39, 0.29) is 0 Å². The van der Waals surface area contributed by atoms with Crippen molar-refractivity contribution in [2.24, 2.45) is 0 Å². The van der Waals surface area contributed by atoms with E-state index in [1.54, 1.807) is 0 Å². The van der Waals surface area contributed by atoms with E-state index < -0.39 is 49.0 Å². The molecular weight excluding hydrogens is 156 g/mol. The molecule has 0 bridgehead atoms. The molecule has 0 radical (unpaired) electrons. The highest BCUT2D eigenvalue weighted by molar-refractivity contribution is 5.35. The van der Waals surface area contributed by atoms with Crippen LogP contribution in [-0.2, 0) is 4.74 Å². The summed E-state index contributed by atoms with van der Waals surface area (Å²) < 4.78 is 68.8. The number of pyridine rings is 1. The van der Waals surface area contributed by atoms with Crippen LogP contribution in [0.5, 0.6) is 5.75 Å². The Kier molecular flexibility index (Phi) is 0.647. The molecule has 2 heterocycles. The second kappa shape index (κ2) is 2.98. The molecule has 0 saturated carbocycles. The highest BCUT2D eigenvalue weighted by Gasteiger charge is 2.19. The molecule has 1 aliphatic rings. The molecule has 64 valence electrons. The van der Waals surface area contributed by atoms with Gasteiger partial charge in [0.1, 0.15) is 17.6 Å². The molecular formula is C8H10N2O2. The maximum atomic E-state index is 7.75. The first-order valence-electron chi connectivity index (χ1n) is 7.05. The van der Waals surface area contributed by atoms with Gasteiger partial charge in [-0.1, -0.05) is 0 Å². The van der Waals surface area contributed by atoms with Crippen LogP contribution in [0.4, 0.5) is 5.82 Å². The van der Waals surface area contributed by atoms with Crippen molar-refractivity contribution in [3.8, 4) is 5.75 Å². The topological polar surface area (TPSA) is 57.4 Å². The molecule has 1 saturated heterocycles. The number of nitrogen functional groups attached to an aromatic ring is 1. The maximum absolute atomic E-state index is 7.75. The number of nitrogens with zero attached hydrogens (tertiary/aromatic N) is 1. The van der Waals surface area contributed by atoms with Gasteiger partial charge in [-0.25, -0.2) is 4.98 Å². The Labute approximate surface area is 81.5 Å². The highest BCUT2D eigenvalue weighted by Crippen LogP contribution is 2.16. The first kappa shape index (κ1) is 2.60. The average Bonchev–Trinajstić information content (AvgIpc) is 2.30. The molecule has 0 spiro atoms. The number of aromatic nitrogens is 1. The van der Waals surface area contributed by atoms with Crippen molar-refractivity contribution in [3.05, 3.63) is 18.3 Å². The fourth-order valence-corrected chi connectivity index (χ4v) is 0.602. The van der Waals surface area contributed by atoms with E-state index in [2.05, 4.69) is 9.72 Å². The van der Waals surface area contributed by atoms with Crippen molar-refractivity contribution in [1.82, 2.24) is 4.98 Å². The predicted octanol–water partition coefficient (Wildman–Crippen LogP) is 0.441. The first-order chi connectivity index (χ1) is 8.93. The zero-order chi connectivity index (χ0) is 15.5. The summed E-state index contributed by atoms with van der Waals surface area (Å²) in [5.41, 5.74) is 5.34. The second-order valence-corrected chi connectivity index (χ2v) is 1.93. The van der Waals surface area contributed by atoms with Crippen LogP contribution in [-0.4, -0.2) is 24.2 Å². The van der Waals surface area contributed by atoms with E-state index >= 15 is 0 Å². The SMILES string of the molecule is [2H]c1nc(N)c([2H])c(OC2([2H])C([2H])([2H])OC2([2H])[2H])c1[2H]. The van der Waals surface area contributed by atoms with Gasteiger partial charge in [-0.15, -0.1) is 0 Å². The molecule has 1 fully saturated rings. The Hall–Kier alpha value is -1.29. The van der Waals surface area contributed by atoms with Crippen LogP contribution in [0.1, 0.15) is 11.0 Å². The molecule has 0 amide bonds. The van der Waals surface area contributed by atoms with Gasteiger partial charge >= 0.3 is 0 Å². The maximum Gasteiger partial charge on any atom is 0.145 e. The Balaban J connectivity index is 2.50. The molecule has 1 aromatic heterocycles. The highest BCUT2D eigenvalue weighted by atomic mass is 16.6. The lowest BCUT2D eigenvalue weighted by Gasteiger charge is -2.26. The summed E-state index contributed by atoms with van der Waals surface area (Å²) in [5.74, 6) is -1.13. The van der Waals surface area contributed by atoms with Crippen molar-refractivity contribution >= 4 is 5.82 Å². The van der Waals surface area contributed by atoms with Gasteiger partial charge in [0, 0.05) is 12.2 Å². The second-order valence-electron chi connectivity index (χ2n) is 1.93. The van der Waals surface area contributed by atoms with E-state index in [9.17, 15) is 0 Å². The predicted molar refractivity (Wildman–Crippen MR) is 43.9 cm³/mol. The summed E-state index contributed by atoms with van der Waals surface area (Å²) in [7, 11) is 0. The fraction of sp³-hybridized carbons (Fsp3) is 0.375. The van der Waals surface area contributed by atoms with E-state index in [0.29, 0.717) is 0 Å². The lowest BCUT2D eigenvalue weighted by atomic mass is 10.3. The monoisotopic (exact) mass is 174 g/mol. The quantitative estimate of drug-likeness (QED) is 0.707. The molecule has 4 nitrogen and oxygen atoms in total. The minimum atomic E-state index is -2.83. The average molecular weight is 174 g/mol. The van der Waals surface area contributed by atoms with Crippen molar-refractivity contribution in [1.29, 1.82) is 0 Å². The van der Waals surface area contributed by atoms with Crippen molar-refractivity contribution in [2.75, 3.05) is 18.9 Å². The van der Waals surface area contributed by atoms with Gasteiger partial charge in [0.05, 0.1) is 24.1 Å². The largest absolute Gasteiger partial charge is 0.485 e. The van der Waals surface area contributed by atoms with E-state index in [0.717, 1.165) is 0 Å². The Morgan fingerprint density at radius 3 is 3.50 bits per heavy atom. The minimum Gasteiger partial charge on any atom is -0.485 e. The van der Waals surface area contributed by atoms with Crippen LogP contribution in [0.15, 0.2) is 18.3 Å². The summed E-state index contributed by atoms with van der Waals surface area (Å²) in [6.07, 6.45) is -3.45. The summed E-state index contributed by atoms with van der Waals surface area (Å²) in [6.45, 7) is -5.56. The van der Waals surface area contributed by atoms with Gasteiger partial charge in [0.15, 0.2) is 0 Å². The number of hydrogen-bond donors (Lipinski definition) is 1. The number of rotatable bonds is 2. The lowest BCUT2D eigenvalue weighted by Crippen LogP contribution is -2.38. The molecule has 0 atom stereocenters. The van der Waals surface area contributed by atoms with Gasteiger partial charge in [0.2, 0.25) is 0 Å². The number of nitrogens with two attached hydrogens (primary N) is 1. The molecule has 2 rings (SSSR count). The minimum absolute atomic E-state index is 0.439. The van der Waals surface area contributed by atoms with E-state index in [4.69, 9.17) is 21.4 Å². The summed E-state index contributed by atoms with van der Waals surface area (Å²) in [4.78, 5) is 3.39. The molecule has 1 aromatic rings. The van der Waals surface area contributed by atoms with Crippen molar-refractivity contribution in [2.45, 2.75) is 6.08 Å². The summed E-state index contributed by atoms with van der Waals surface area (Å²) >= 11 is 0. The zero-order valence-electron chi connectivity index (χ0n) is 13.8. The van der Waals surface area contributed by atoms with Gasteiger partial charge in [0.25, 0.3) is 0 Å². The molecule has 0 unspecified atom stereocenters. The molecule has 0 aliphatic carbocycles. The van der Waals surface area contributed by atoms with Gasteiger partial charge in [-0.05, 0) is 6.04 Å². The standard InChI is InChI=1S/C8H10N2O2/c9-8-3-6(1-2-10-8)12-7-4-11-5-7/h1-3,7H,4-5H2,(H2,9,10)/i1D,2D,3D,4D2,5D2,7D. The third kappa shape index (κ3) is 1.48. The number of anilines is 1. The van der Waals surface area contributed by atoms with Crippen LogP contribution in [0, 0.1) is 0 Å². The van der Waals surface area contributed by atoms with Gasteiger partial charge < -0.3 is 15.2 Å². The number of ether oxygens (including phenoxy) is 2. The van der Waals surface area contributed by atoms with E-state index in [1.807, 2.05) is 0 Å². The molecule has 0 aromatic carbocycles. The van der Waals surface area contributed by atoms with Crippen LogP contribution < -0.4 is 10.5 Å². The summed E-state index contributed by atoms with van der Waals surface area (Å²) in [6, 6.07) is -1.30. The van der Waals surface area contributed by atoms with Gasteiger partial charge in [-0.2, -0.15) is 0 Å². The normalized spacial score (nSPS) is 37.7. The van der Waals surface area contributed by atoms with Crippen LogP contribution in [0.2, 0.25) is 0 Å². The van der Waals surface area contributed by atoms with Crippen LogP contribution in [0.3, 0.4) is 0 Å². The van der Waals surface area contributed by atoms with Gasteiger partial charge in [-0.3, -0.25) is 0 Å². The zero-order valence-corrected chi connectivity index (χ0v) is 5.84. The Morgan fingerprint density at radius 1 is 1.92 bits per heavy atom. The Morgan fingerprint density at radius 2 is 2.75 bits per heavy atom. The molecule has 1 aliphatic heterocycles. The van der Waals surface area contributed by atoms with Crippen molar-refractivity contribution in [3.63, 3.8) is 0 Å². The lowest BCUT2D eigenvalue weighted by molar-refractivity contribution is -0.0796. The molecule has 2 N–H and O–H groups in total. The first-order valence-corrected chi connectivity index (χ1v) is 3.05. The molecule has 12 heavy (non-hydrogen) atoms. The van der Waals surface area contributed by atoms with Crippen molar-refractivity contribution < 1.29 is 20.4 Å². The third-order valence-electron chi connectivity index (χ3n) is 1.08. The third-order valence-corrected chi connectivity index (χ3v) is 1.08. The van der Waals surface area contributed by atoms with E-state index in [1.165, 1.54) is 0 Å². The summed E-state index contributed by atoms with van der Waals surface area (Å²) in [5, 5.41) is 0.